The summed E-state index contributed by atoms with van der Waals surface area (Å²) in [6.07, 6.45) is 2.99. The lowest BCUT2D eigenvalue weighted by Crippen LogP contribution is -2.48. The van der Waals surface area contributed by atoms with Gasteiger partial charge in [-0.15, -0.1) is 11.3 Å². The Labute approximate surface area is 120 Å². The second-order valence-electron chi connectivity index (χ2n) is 4.35. The van der Waals surface area contributed by atoms with Crippen molar-refractivity contribution in [3.8, 4) is 0 Å². The van der Waals surface area contributed by atoms with Crippen molar-refractivity contribution >= 4 is 32.3 Å². The fourth-order valence-corrected chi connectivity index (χ4v) is 4.25. The highest BCUT2D eigenvalue weighted by Gasteiger charge is 2.31. The minimum Gasteiger partial charge on any atom is -0.383 e. The van der Waals surface area contributed by atoms with E-state index in [1.807, 2.05) is 5.38 Å². The van der Waals surface area contributed by atoms with Crippen molar-refractivity contribution in [1.29, 1.82) is 0 Å². The Bertz CT molecular complexity index is 672. The monoisotopic (exact) mass is 314 g/mol. The summed E-state index contributed by atoms with van der Waals surface area (Å²) in [5.41, 5.74) is 5.60. The van der Waals surface area contributed by atoms with E-state index < -0.39 is 10.0 Å². The van der Waals surface area contributed by atoms with Crippen molar-refractivity contribution in [3.05, 3.63) is 17.8 Å². The minimum absolute atomic E-state index is 0.0419. The molecular weight excluding hydrogens is 300 g/mol. The molecule has 3 N–H and O–H groups in total. The van der Waals surface area contributed by atoms with Gasteiger partial charge in [0.25, 0.3) is 0 Å². The lowest BCUT2D eigenvalue weighted by atomic mass is 10.4. The molecule has 1 fully saturated rings. The summed E-state index contributed by atoms with van der Waals surface area (Å²) in [4.78, 5) is 6.35. The van der Waals surface area contributed by atoms with Gasteiger partial charge in [0.05, 0.1) is 6.20 Å². The van der Waals surface area contributed by atoms with Gasteiger partial charge < -0.3 is 10.6 Å². The Hall–Kier alpha value is -1.65. The van der Waals surface area contributed by atoms with Crippen molar-refractivity contribution in [2.24, 2.45) is 0 Å². The first-order valence-electron chi connectivity index (χ1n) is 6.02. The molecule has 2 aromatic heterocycles. The quantitative estimate of drug-likeness (QED) is 0.823. The number of H-pyrrole nitrogens is 1. The first-order chi connectivity index (χ1) is 9.59. The molecule has 108 valence electrons. The number of nitrogen functional groups attached to an aromatic ring is 1. The van der Waals surface area contributed by atoms with Crippen molar-refractivity contribution in [1.82, 2.24) is 19.5 Å². The van der Waals surface area contributed by atoms with Crippen LogP contribution in [0.3, 0.4) is 0 Å². The van der Waals surface area contributed by atoms with E-state index in [-0.39, 0.29) is 10.7 Å². The molecule has 0 amide bonds. The number of sulfonamides is 1. The van der Waals surface area contributed by atoms with Crippen LogP contribution in [0, 0.1) is 0 Å². The molecule has 0 atom stereocenters. The number of aromatic amines is 1. The molecule has 3 heterocycles. The first kappa shape index (κ1) is 13.3. The van der Waals surface area contributed by atoms with Crippen LogP contribution in [0.4, 0.5) is 10.9 Å². The highest BCUT2D eigenvalue weighted by molar-refractivity contribution is 7.89. The lowest BCUT2D eigenvalue weighted by Gasteiger charge is -2.33. The third-order valence-electron chi connectivity index (χ3n) is 3.18. The van der Waals surface area contributed by atoms with E-state index in [2.05, 4.69) is 20.1 Å². The number of anilines is 2. The molecular formula is C10H14N6O2S2. The third-order valence-corrected chi connectivity index (χ3v) is 5.94. The molecule has 20 heavy (non-hydrogen) atoms. The van der Waals surface area contributed by atoms with Gasteiger partial charge in [-0.1, -0.05) is 0 Å². The average Bonchev–Trinajstić information content (AvgIpc) is 3.10. The maximum absolute atomic E-state index is 12.4. The van der Waals surface area contributed by atoms with Crippen LogP contribution >= 0.6 is 11.3 Å². The number of thiazole rings is 1. The summed E-state index contributed by atoms with van der Waals surface area (Å²) in [6, 6.07) is 0. The van der Waals surface area contributed by atoms with Crippen LogP contribution < -0.4 is 10.6 Å². The van der Waals surface area contributed by atoms with Crippen molar-refractivity contribution in [2.45, 2.75) is 4.90 Å². The van der Waals surface area contributed by atoms with Crippen LogP contribution in [0.2, 0.25) is 0 Å². The van der Waals surface area contributed by atoms with Crippen LogP contribution in [0.5, 0.6) is 0 Å². The Kier molecular flexibility index (Phi) is 3.36. The fourth-order valence-electron chi connectivity index (χ4n) is 2.12. The van der Waals surface area contributed by atoms with E-state index in [0.29, 0.717) is 26.2 Å². The van der Waals surface area contributed by atoms with Gasteiger partial charge in [-0.05, 0) is 0 Å². The second-order valence-corrected chi connectivity index (χ2v) is 7.13. The Morgan fingerprint density at radius 3 is 2.60 bits per heavy atom. The number of hydrogen-bond donors (Lipinski definition) is 2. The predicted octanol–water partition coefficient (Wildman–Crippen LogP) is -0.0407. The normalized spacial score (nSPS) is 17.5. The van der Waals surface area contributed by atoms with Crippen LogP contribution in [0.15, 0.2) is 22.7 Å². The maximum Gasteiger partial charge on any atom is 0.248 e. The Balaban J connectivity index is 1.74. The average molecular weight is 314 g/mol. The lowest BCUT2D eigenvalue weighted by molar-refractivity contribution is 0.385. The number of rotatable bonds is 3. The maximum atomic E-state index is 12.4. The summed E-state index contributed by atoms with van der Waals surface area (Å²) < 4.78 is 26.3. The molecule has 3 rings (SSSR count). The van der Waals surface area contributed by atoms with Gasteiger partial charge in [0.1, 0.15) is 10.7 Å². The molecule has 1 aliphatic rings. The van der Waals surface area contributed by atoms with Crippen LogP contribution in [0.25, 0.3) is 0 Å². The summed E-state index contributed by atoms with van der Waals surface area (Å²) in [6.45, 7) is 2.05. The Morgan fingerprint density at radius 2 is 2.05 bits per heavy atom. The zero-order valence-electron chi connectivity index (χ0n) is 10.6. The summed E-state index contributed by atoms with van der Waals surface area (Å²) in [5, 5.41) is 8.94. The van der Waals surface area contributed by atoms with Crippen molar-refractivity contribution in [2.75, 3.05) is 36.8 Å². The van der Waals surface area contributed by atoms with E-state index in [9.17, 15) is 8.42 Å². The minimum atomic E-state index is -3.57. The summed E-state index contributed by atoms with van der Waals surface area (Å²) >= 11 is 1.55. The van der Waals surface area contributed by atoms with Crippen LogP contribution in [-0.4, -0.2) is 54.1 Å². The standard InChI is InChI=1S/C10H14N6O2S2/c11-9-8(7-13-14-9)20(17,18)16-4-2-15(3-5-16)10-12-1-6-19-10/h1,6-7H,2-5H2,(H3,11,13,14). The van der Waals surface area contributed by atoms with Gasteiger partial charge in [-0.25, -0.2) is 13.4 Å². The van der Waals surface area contributed by atoms with E-state index in [1.54, 1.807) is 17.5 Å². The number of nitrogens with two attached hydrogens (primary N) is 1. The molecule has 1 aliphatic heterocycles. The van der Waals surface area contributed by atoms with Crippen molar-refractivity contribution < 1.29 is 8.42 Å². The molecule has 0 unspecified atom stereocenters. The first-order valence-corrected chi connectivity index (χ1v) is 8.34. The molecule has 0 bridgehead atoms. The Morgan fingerprint density at radius 1 is 1.30 bits per heavy atom. The number of hydrogen-bond acceptors (Lipinski definition) is 7. The highest BCUT2D eigenvalue weighted by atomic mass is 32.2. The molecule has 0 aliphatic carbocycles. The SMILES string of the molecule is Nc1[nH]ncc1S(=O)(=O)N1CCN(c2nccs2)CC1. The molecule has 2 aromatic rings. The molecule has 1 saturated heterocycles. The molecule has 8 nitrogen and oxygen atoms in total. The highest BCUT2D eigenvalue weighted by Crippen LogP contribution is 2.24. The summed E-state index contributed by atoms with van der Waals surface area (Å²) in [5.74, 6) is 0.0763. The molecule has 10 heteroatoms. The van der Waals surface area contributed by atoms with E-state index in [1.165, 1.54) is 10.5 Å². The fraction of sp³-hybridized carbons (Fsp3) is 0.400. The number of nitrogens with one attached hydrogen (secondary N) is 1. The van der Waals surface area contributed by atoms with Gasteiger partial charge >= 0.3 is 0 Å². The number of aromatic nitrogens is 3. The van der Waals surface area contributed by atoms with E-state index >= 15 is 0 Å². The van der Waals surface area contributed by atoms with E-state index in [4.69, 9.17) is 5.73 Å². The number of nitrogens with zero attached hydrogens (tertiary/aromatic N) is 4. The zero-order chi connectivity index (χ0) is 14.2. The van der Waals surface area contributed by atoms with Crippen LogP contribution in [0.1, 0.15) is 0 Å². The van der Waals surface area contributed by atoms with Gasteiger partial charge in [-0.3, -0.25) is 5.10 Å². The predicted molar refractivity (Wildman–Crippen MR) is 76.1 cm³/mol. The van der Waals surface area contributed by atoms with Crippen molar-refractivity contribution in [3.63, 3.8) is 0 Å². The number of piperazine rings is 1. The zero-order valence-corrected chi connectivity index (χ0v) is 12.2. The third kappa shape index (κ3) is 2.25. The van der Waals surface area contributed by atoms with Gasteiger partial charge in [0, 0.05) is 37.8 Å². The topological polar surface area (TPSA) is 108 Å². The molecule has 0 radical (unpaired) electrons. The van der Waals surface area contributed by atoms with E-state index in [0.717, 1.165) is 5.13 Å². The van der Waals surface area contributed by atoms with Crippen LogP contribution in [-0.2, 0) is 10.0 Å². The smallest absolute Gasteiger partial charge is 0.248 e. The van der Waals surface area contributed by atoms with Gasteiger partial charge in [-0.2, -0.15) is 9.40 Å². The second kappa shape index (κ2) is 5.04. The largest absolute Gasteiger partial charge is 0.383 e. The van der Waals surface area contributed by atoms with Gasteiger partial charge in [0.15, 0.2) is 5.13 Å². The molecule has 0 aromatic carbocycles. The van der Waals surface area contributed by atoms with Gasteiger partial charge in [0.2, 0.25) is 10.0 Å². The summed E-state index contributed by atoms with van der Waals surface area (Å²) in [7, 11) is -3.57. The molecule has 0 saturated carbocycles. The molecule has 0 spiro atoms.